The van der Waals surface area contributed by atoms with Crippen LogP contribution in [0.25, 0.3) is 0 Å². The van der Waals surface area contributed by atoms with Crippen molar-refractivity contribution in [2.75, 3.05) is 19.8 Å². The van der Waals surface area contributed by atoms with Crippen LogP contribution in [0.1, 0.15) is 31.7 Å². The van der Waals surface area contributed by atoms with Crippen LogP contribution in [0.15, 0.2) is 17.3 Å². The first-order valence-electron chi connectivity index (χ1n) is 7.43. The van der Waals surface area contributed by atoms with Gasteiger partial charge in [0.1, 0.15) is 4.90 Å². The third-order valence-corrected chi connectivity index (χ3v) is 5.57. The molecule has 1 aliphatic carbocycles. The minimum Gasteiger partial charge on any atom is -0.381 e. The predicted molar refractivity (Wildman–Crippen MR) is 84.5 cm³/mol. The van der Waals surface area contributed by atoms with Crippen molar-refractivity contribution < 1.29 is 13.2 Å². The molecule has 0 amide bonds. The Labute approximate surface area is 137 Å². The summed E-state index contributed by atoms with van der Waals surface area (Å²) in [6.07, 6.45) is 6.93. The Balaban J connectivity index is 0.00000176. The maximum atomic E-state index is 12.2. The molecule has 1 aliphatic heterocycles. The van der Waals surface area contributed by atoms with Crippen LogP contribution in [-0.2, 0) is 14.8 Å². The van der Waals surface area contributed by atoms with E-state index >= 15 is 0 Å². The normalized spacial score (nSPS) is 21.3. The lowest BCUT2D eigenvalue weighted by molar-refractivity contribution is 0.0662. The Morgan fingerprint density at radius 2 is 2.05 bits per heavy atom. The second kappa shape index (κ2) is 7.27. The highest BCUT2D eigenvalue weighted by atomic mass is 35.5. The van der Waals surface area contributed by atoms with Crippen LogP contribution in [-0.4, -0.2) is 44.0 Å². The van der Waals surface area contributed by atoms with Crippen molar-refractivity contribution in [1.82, 2.24) is 14.5 Å². The van der Waals surface area contributed by atoms with Gasteiger partial charge in [-0.1, -0.05) is 0 Å². The molecule has 1 saturated carbocycles. The molecule has 2 fully saturated rings. The SMILES string of the molecule is Cl.NC(CNS(=O)(=O)c1cnn(C2CCOCC2)c1)C1CC1. The molecule has 0 bridgehead atoms. The Morgan fingerprint density at radius 1 is 1.36 bits per heavy atom. The molecule has 2 heterocycles. The minimum atomic E-state index is -3.52. The van der Waals surface area contributed by atoms with Crippen molar-refractivity contribution in [1.29, 1.82) is 0 Å². The summed E-state index contributed by atoms with van der Waals surface area (Å²) in [7, 11) is -3.52. The van der Waals surface area contributed by atoms with Gasteiger partial charge in [-0.3, -0.25) is 4.68 Å². The van der Waals surface area contributed by atoms with E-state index in [0.717, 1.165) is 25.7 Å². The molecule has 9 heteroatoms. The Morgan fingerprint density at radius 3 is 2.68 bits per heavy atom. The second-order valence-corrected chi connectivity index (χ2v) is 7.62. The molecule has 0 radical (unpaired) electrons. The van der Waals surface area contributed by atoms with E-state index in [2.05, 4.69) is 9.82 Å². The lowest BCUT2D eigenvalue weighted by Gasteiger charge is -2.22. The first kappa shape index (κ1) is 17.7. The molecule has 1 atom stereocenters. The number of nitrogens with zero attached hydrogens (tertiary/aromatic N) is 2. The Hall–Kier alpha value is -0.670. The van der Waals surface area contributed by atoms with Gasteiger partial charge in [0.2, 0.25) is 10.0 Å². The van der Waals surface area contributed by atoms with Crippen LogP contribution < -0.4 is 10.5 Å². The Kier molecular flexibility index (Phi) is 5.84. The molecule has 126 valence electrons. The molecule has 1 unspecified atom stereocenters. The van der Waals surface area contributed by atoms with E-state index < -0.39 is 10.0 Å². The lowest BCUT2D eigenvalue weighted by atomic mass is 10.1. The van der Waals surface area contributed by atoms with Crippen molar-refractivity contribution in [2.24, 2.45) is 11.7 Å². The first-order chi connectivity index (χ1) is 10.1. The number of hydrogen-bond acceptors (Lipinski definition) is 5. The fourth-order valence-electron chi connectivity index (χ4n) is 2.59. The number of nitrogens with one attached hydrogen (secondary N) is 1. The second-order valence-electron chi connectivity index (χ2n) is 5.85. The molecular formula is C13H23ClN4O3S. The minimum absolute atomic E-state index is 0. The number of sulfonamides is 1. The summed E-state index contributed by atoms with van der Waals surface area (Å²) in [5.41, 5.74) is 5.92. The monoisotopic (exact) mass is 350 g/mol. The van der Waals surface area contributed by atoms with Crippen molar-refractivity contribution in [3.8, 4) is 0 Å². The molecule has 3 rings (SSSR count). The number of aromatic nitrogens is 2. The van der Waals surface area contributed by atoms with Crippen LogP contribution in [0.2, 0.25) is 0 Å². The zero-order valence-electron chi connectivity index (χ0n) is 12.3. The van der Waals surface area contributed by atoms with Gasteiger partial charge in [-0.2, -0.15) is 5.10 Å². The summed E-state index contributed by atoms with van der Waals surface area (Å²) < 4.78 is 34.1. The number of nitrogens with two attached hydrogens (primary N) is 1. The maximum Gasteiger partial charge on any atom is 0.243 e. The summed E-state index contributed by atoms with van der Waals surface area (Å²) in [6.45, 7) is 1.68. The van der Waals surface area contributed by atoms with Crippen LogP contribution in [0.3, 0.4) is 0 Å². The van der Waals surface area contributed by atoms with Gasteiger partial charge in [0.15, 0.2) is 0 Å². The highest BCUT2D eigenvalue weighted by Gasteiger charge is 2.29. The number of hydrogen-bond donors (Lipinski definition) is 2. The predicted octanol–water partition coefficient (Wildman–Crippen LogP) is 0.672. The van der Waals surface area contributed by atoms with Crippen LogP contribution in [0.5, 0.6) is 0 Å². The van der Waals surface area contributed by atoms with E-state index in [9.17, 15) is 8.42 Å². The molecule has 1 aromatic heterocycles. The van der Waals surface area contributed by atoms with Gasteiger partial charge in [-0.05, 0) is 31.6 Å². The topological polar surface area (TPSA) is 99.2 Å². The summed E-state index contributed by atoms with van der Waals surface area (Å²) >= 11 is 0. The third kappa shape index (κ3) is 4.20. The highest BCUT2D eigenvalue weighted by molar-refractivity contribution is 7.89. The third-order valence-electron chi connectivity index (χ3n) is 4.19. The van der Waals surface area contributed by atoms with Crippen LogP contribution in [0, 0.1) is 5.92 Å². The summed E-state index contributed by atoms with van der Waals surface area (Å²) in [5.74, 6) is 0.470. The van der Waals surface area contributed by atoms with E-state index in [1.807, 2.05) is 0 Å². The van der Waals surface area contributed by atoms with Gasteiger partial charge in [0.25, 0.3) is 0 Å². The van der Waals surface area contributed by atoms with E-state index in [1.54, 1.807) is 10.9 Å². The fourth-order valence-corrected chi connectivity index (χ4v) is 3.60. The van der Waals surface area contributed by atoms with Crippen molar-refractivity contribution >= 4 is 22.4 Å². The van der Waals surface area contributed by atoms with E-state index in [-0.39, 0.29) is 35.9 Å². The summed E-state index contributed by atoms with van der Waals surface area (Å²) in [6, 6.07) is 0.127. The number of rotatable bonds is 6. The number of ether oxygens (including phenoxy) is 1. The quantitative estimate of drug-likeness (QED) is 0.785. The average Bonchev–Trinajstić information content (AvgIpc) is 3.22. The molecule has 22 heavy (non-hydrogen) atoms. The smallest absolute Gasteiger partial charge is 0.243 e. The van der Waals surface area contributed by atoms with Gasteiger partial charge in [0.05, 0.1) is 12.2 Å². The van der Waals surface area contributed by atoms with E-state index in [0.29, 0.717) is 19.1 Å². The van der Waals surface area contributed by atoms with E-state index in [4.69, 9.17) is 10.5 Å². The van der Waals surface area contributed by atoms with Crippen molar-refractivity contribution in [3.05, 3.63) is 12.4 Å². The molecular weight excluding hydrogens is 328 g/mol. The standard InChI is InChI=1S/C13H22N4O3S.ClH/c14-13(10-1-2-10)8-16-21(18,19)12-7-15-17(9-12)11-3-5-20-6-4-11;/h7,9-11,13,16H,1-6,8,14H2;1H. The fraction of sp³-hybridized carbons (Fsp3) is 0.769. The largest absolute Gasteiger partial charge is 0.381 e. The van der Waals surface area contributed by atoms with Gasteiger partial charge < -0.3 is 10.5 Å². The first-order valence-corrected chi connectivity index (χ1v) is 8.92. The van der Waals surface area contributed by atoms with Gasteiger partial charge in [-0.25, -0.2) is 13.1 Å². The van der Waals surface area contributed by atoms with Gasteiger partial charge >= 0.3 is 0 Å². The molecule has 0 aromatic carbocycles. The molecule has 1 aromatic rings. The molecule has 1 saturated heterocycles. The highest BCUT2D eigenvalue weighted by Crippen LogP contribution is 2.31. The molecule has 2 aliphatic rings. The molecule has 3 N–H and O–H groups in total. The lowest BCUT2D eigenvalue weighted by Crippen LogP contribution is -2.38. The maximum absolute atomic E-state index is 12.2. The summed E-state index contributed by atoms with van der Waals surface area (Å²) in [4.78, 5) is 0.206. The zero-order chi connectivity index (χ0) is 14.9. The van der Waals surface area contributed by atoms with Crippen LogP contribution in [0.4, 0.5) is 0 Å². The summed E-state index contributed by atoms with van der Waals surface area (Å²) in [5, 5.41) is 4.19. The Bertz CT molecular complexity index is 582. The average molecular weight is 351 g/mol. The van der Waals surface area contributed by atoms with E-state index in [1.165, 1.54) is 6.20 Å². The van der Waals surface area contributed by atoms with Gasteiger partial charge in [-0.15, -0.1) is 12.4 Å². The zero-order valence-corrected chi connectivity index (χ0v) is 14.0. The molecule has 0 spiro atoms. The number of halogens is 1. The van der Waals surface area contributed by atoms with Crippen LogP contribution >= 0.6 is 12.4 Å². The van der Waals surface area contributed by atoms with Gasteiger partial charge in [0, 0.05) is 32.0 Å². The van der Waals surface area contributed by atoms with Crippen molar-refractivity contribution in [2.45, 2.75) is 42.7 Å². The van der Waals surface area contributed by atoms with Crippen molar-refractivity contribution in [3.63, 3.8) is 0 Å². The molecule has 7 nitrogen and oxygen atoms in total.